The second kappa shape index (κ2) is 4.21. The second-order valence-corrected chi connectivity index (χ2v) is 4.53. The maximum atomic E-state index is 13.5. The van der Waals surface area contributed by atoms with Gasteiger partial charge in [0.1, 0.15) is 11.9 Å². The Kier molecular flexibility index (Phi) is 3.03. The highest BCUT2D eigenvalue weighted by atomic mass is 79.9. The molecule has 0 bridgehead atoms. The van der Waals surface area contributed by atoms with Crippen molar-refractivity contribution < 1.29 is 22.7 Å². The Morgan fingerprint density at radius 3 is 2.76 bits per heavy atom. The first-order valence-electron chi connectivity index (χ1n) is 4.65. The summed E-state index contributed by atoms with van der Waals surface area (Å²) in [5, 5.41) is 1.98. The van der Waals surface area contributed by atoms with E-state index in [2.05, 4.69) is 20.7 Å². The fourth-order valence-corrected chi connectivity index (χ4v) is 2.06. The van der Waals surface area contributed by atoms with Crippen LogP contribution >= 0.6 is 15.9 Å². The molecule has 1 fully saturated rings. The van der Waals surface area contributed by atoms with Crippen molar-refractivity contribution in [1.29, 1.82) is 0 Å². The molecule has 1 heterocycles. The van der Waals surface area contributed by atoms with Gasteiger partial charge in [0, 0.05) is 4.47 Å². The van der Waals surface area contributed by atoms with Crippen molar-refractivity contribution in [1.82, 2.24) is 5.32 Å². The van der Waals surface area contributed by atoms with Crippen molar-refractivity contribution in [2.24, 2.45) is 0 Å². The Balaban J connectivity index is 2.39. The van der Waals surface area contributed by atoms with Gasteiger partial charge in [-0.1, -0.05) is 15.9 Å². The molecule has 0 radical (unpaired) electrons. The molecule has 1 saturated heterocycles. The molecule has 92 valence electrons. The van der Waals surface area contributed by atoms with Gasteiger partial charge >= 0.3 is 12.0 Å². The first-order chi connectivity index (χ1) is 7.88. The SMILES string of the molecule is O=C1N[C@H](c2cc(F)cc(Br)c2)C(F)(F)CO1. The molecule has 2 rings (SSSR count). The molecule has 1 aromatic carbocycles. The Morgan fingerprint density at radius 1 is 1.41 bits per heavy atom. The molecule has 3 nitrogen and oxygen atoms in total. The number of alkyl halides is 2. The molecule has 1 aliphatic rings. The largest absolute Gasteiger partial charge is 0.443 e. The standard InChI is InChI=1S/C10H7BrF3NO2/c11-6-1-5(2-7(12)3-6)8-10(13,14)4-17-9(16)15-8/h1-3,8H,4H2,(H,15,16)/t8-/m1/s1. The van der Waals surface area contributed by atoms with Crippen LogP contribution in [0.1, 0.15) is 11.6 Å². The van der Waals surface area contributed by atoms with Crippen LogP contribution in [0.25, 0.3) is 0 Å². The zero-order valence-electron chi connectivity index (χ0n) is 8.34. The van der Waals surface area contributed by atoms with Crippen LogP contribution in [-0.4, -0.2) is 18.6 Å². The molecular formula is C10H7BrF3NO2. The molecule has 0 saturated carbocycles. The average molecular weight is 310 g/mol. The number of rotatable bonds is 1. The van der Waals surface area contributed by atoms with Crippen LogP contribution < -0.4 is 5.32 Å². The van der Waals surface area contributed by atoms with Crippen LogP contribution in [0.5, 0.6) is 0 Å². The van der Waals surface area contributed by atoms with E-state index in [0.717, 1.165) is 12.1 Å². The summed E-state index contributed by atoms with van der Waals surface area (Å²) in [6.45, 7) is -1.02. The van der Waals surface area contributed by atoms with E-state index in [-0.39, 0.29) is 5.56 Å². The predicted molar refractivity (Wildman–Crippen MR) is 56.3 cm³/mol. The highest BCUT2D eigenvalue weighted by Crippen LogP contribution is 2.35. The molecule has 1 aliphatic heterocycles. The topological polar surface area (TPSA) is 38.3 Å². The van der Waals surface area contributed by atoms with Gasteiger partial charge in [0.25, 0.3) is 0 Å². The predicted octanol–water partition coefficient (Wildman–Crippen LogP) is 3.00. The zero-order valence-corrected chi connectivity index (χ0v) is 9.93. The normalized spacial score (nSPS) is 22.8. The summed E-state index contributed by atoms with van der Waals surface area (Å²) in [5.41, 5.74) is -0.0153. The number of amides is 1. The Hall–Kier alpha value is -1.24. The molecule has 7 heteroatoms. The van der Waals surface area contributed by atoms with Crippen LogP contribution in [0.3, 0.4) is 0 Å². The smallest absolute Gasteiger partial charge is 0.408 e. The molecule has 0 aromatic heterocycles. The van der Waals surface area contributed by atoms with Gasteiger partial charge in [0.05, 0.1) is 0 Å². The highest BCUT2D eigenvalue weighted by Gasteiger charge is 2.46. The van der Waals surface area contributed by atoms with E-state index in [4.69, 9.17) is 0 Å². The molecule has 17 heavy (non-hydrogen) atoms. The lowest BCUT2D eigenvalue weighted by molar-refractivity contribution is -0.104. The minimum Gasteiger partial charge on any atom is -0.443 e. The first kappa shape index (κ1) is 12.2. The summed E-state index contributed by atoms with van der Waals surface area (Å²) in [5.74, 6) is -3.94. The summed E-state index contributed by atoms with van der Waals surface area (Å²) >= 11 is 3.00. The van der Waals surface area contributed by atoms with E-state index in [1.54, 1.807) is 0 Å². The number of hydrogen-bond donors (Lipinski definition) is 1. The summed E-state index contributed by atoms with van der Waals surface area (Å²) in [7, 11) is 0. The molecule has 0 aliphatic carbocycles. The van der Waals surface area contributed by atoms with Crippen LogP contribution in [0.4, 0.5) is 18.0 Å². The number of hydrogen-bond acceptors (Lipinski definition) is 2. The Morgan fingerprint density at radius 2 is 2.12 bits per heavy atom. The number of nitrogens with one attached hydrogen (secondary N) is 1. The quantitative estimate of drug-likeness (QED) is 0.866. The van der Waals surface area contributed by atoms with Crippen LogP contribution in [0.2, 0.25) is 0 Å². The van der Waals surface area contributed by atoms with E-state index < -0.39 is 30.5 Å². The van der Waals surface area contributed by atoms with Gasteiger partial charge < -0.3 is 10.1 Å². The van der Waals surface area contributed by atoms with Crippen molar-refractivity contribution in [2.75, 3.05) is 6.61 Å². The second-order valence-electron chi connectivity index (χ2n) is 3.62. The van der Waals surface area contributed by atoms with Crippen molar-refractivity contribution in [3.8, 4) is 0 Å². The molecule has 1 atom stereocenters. The van der Waals surface area contributed by atoms with Crippen molar-refractivity contribution >= 4 is 22.0 Å². The third kappa shape index (κ3) is 2.54. The third-order valence-corrected chi connectivity index (χ3v) is 2.76. The first-order valence-corrected chi connectivity index (χ1v) is 5.45. The van der Waals surface area contributed by atoms with E-state index in [1.165, 1.54) is 6.07 Å². The van der Waals surface area contributed by atoms with Gasteiger partial charge in [-0.15, -0.1) is 0 Å². The van der Waals surface area contributed by atoms with Gasteiger partial charge in [0.2, 0.25) is 0 Å². The monoisotopic (exact) mass is 309 g/mol. The Bertz CT molecular complexity index is 447. The van der Waals surface area contributed by atoms with E-state index in [1.807, 2.05) is 5.32 Å². The molecule has 0 unspecified atom stereocenters. The number of benzene rings is 1. The summed E-state index contributed by atoms with van der Waals surface area (Å²) in [6.07, 6.45) is -0.943. The summed E-state index contributed by atoms with van der Waals surface area (Å²) in [6, 6.07) is 1.83. The highest BCUT2D eigenvalue weighted by molar-refractivity contribution is 9.10. The van der Waals surface area contributed by atoms with Crippen molar-refractivity contribution in [2.45, 2.75) is 12.0 Å². The maximum absolute atomic E-state index is 13.5. The minimum absolute atomic E-state index is 0.0153. The van der Waals surface area contributed by atoms with Gasteiger partial charge in [0.15, 0.2) is 6.61 Å². The number of halogens is 4. The van der Waals surface area contributed by atoms with Crippen LogP contribution in [0.15, 0.2) is 22.7 Å². The van der Waals surface area contributed by atoms with Gasteiger partial charge in [-0.25, -0.2) is 18.0 Å². The van der Waals surface area contributed by atoms with E-state index >= 15 is 0 Å². The fourth-order valence-electron chi connectivity index (χ4n) is 1.58. The van der Waals surface area contributed by atoms with Crippen molar-refractivity contribution in [3.63, 3.8) is 0 Å². The van der Waals surface area contributed by atoms with Gasteiger partial charge in [-0.3, -0.25) is 0 Å². The number of carbonyl (C=O) groups is 1. The van der Waals surface area contributed by atoms with Crippen molar-refractivity contribution in [3.05, 3.63) is 34.1 Å². The third-order valence-electron chi connectivity index (χ3n) is 2.30. The molecule has 0 spiro atoms. The fraction of sp³-hybridized carbons (Fsp3) is 0.300. The zero-order chi connectivity index (χ0) is 12.6. The molecule has 1 amide bonds. The lowest BCUT2D eigenvalue weighted by Crippen LogP contribution is -2.49. The summed E-state index contributed by atoms with van der Waals surface area (Å²) < 4.78 is 44.7. The lowest BCUT2D eigenvalue weighted by Gasteiger charge is -2.31. The minimum atomic E-state index is -3.28. The Labute approximate surface area is 103 Å². The number of ether oxygens (including phenoxy) is 1. The number of cyclic esters (lactones) is 1. The van der Waals surface area contributed by atoms with Gasteiger partial charge in [-0.2, -0.15) is 0 Å². The molecular weight excluding hydrogens is 303 g/mol. The number of carbonyl (C=O) groups excluding carboxylic acids is 1. The van der Waals surface area contributed by atoms with E-state index in [9.17, 15) is 18.0 Å². The van der Waals surface area contributed by atoms with E-state index in [0.29, 0.717) is 4.47 Å². The van der Waals surface area contributed by atoms with Gasteiger partial charge in [-0.05, 0) is 23.8 Å². The lowest BCUT2D eigenvalue weighted by atomic mass is 10.00. The maximum Gasteiger partial charge on any atom is 0.408 e. The molecule has 1 N–H and O–H groups in total. The summed E-state index contributed by atoms with van der Waals surface area (Å²) in [4.78, 5) is 10.9. The number of alkyl carbamates (subject to hydrolysis) is 1. The average Bonchev–Trinajstić information content (AvgIpc) is 2.20. The van der Waals surface area contributed by atoms with Crippen LogP contribution in [0, 0.1) is 5.82 Å². The molecule has 1 aromatic rings. The van der Waals surface area contributed by atoms with Crippen LogP contribution in [-0.2, 0) is 4.74 Å².